The van der Waals surface area contributed by atoms with E-state index in [1.54, 1.807) is 35.6 Å². The van der Waals surface area contributed by atoms with Crippen molar-refractivity contribution in [3.05, 3.63) is 35.2 Å². The van der Waals surface area contributed by atoms with Crippen LogP contribution in [0.3, 0.4) is 0 Å². The topological polar surface area (TPSA) is 79.4 Å². The van der Waals surface area contributed by atoms with Crippen LogP contribution in [0.1, 0.15) is 49.2 Å². The zero-order chi connectivity index (χ0) is 21.3. The van der Waals surface area contributed by atoms with Crippen LogP contribution in [-0.4, -0.2) is 37.6 Å². The standard InChI is InChI=1S/C21H25N3O3S3/c1-3-24(4-2)21-23-20-18(29-21)13-17(28-20)19(25)22-14-9-11-16(12-10-14)30(26,27)15-7-5-6-8-15/h9-13,15H,3-8H2,1-2H3,(H,22,25). The molecule has 0 unspecified atom stereocenters. The Morgan fingerprint density at radius 1 is 1.13 bits per heavy atom. The molecule has 30 heavy (non-hydrogen) atoms. The monoisotopic (exact) mass is 463 g/mol. The van der Waals surface area contributed by atoms with Gasteiger partial charge in [-0.3, -0.25) is 4.79 Å². The van der Waals surface area contributed by atoms with E-state index >= 15 is 0 Å². The molecular weight excluding hydrogens is 438 g/mol. The first-order chi connectivity index (χ1) is 14.4. The summed E-state index contributed by atoms with van der Waals surface area (Å²) < 4.78 is 26.4. The van der Waals surface area contributed by atoms with E-state index in [0.717, 1.165) is 53.4 Å². The van der Waals surface area contributed by atoms with Gasteiger partial charge in [-0.2, -0.15) is 0 Å². The smallest absolute Gasteiger partial charge is 0.265 e. The molecule has 0 spiro atoms. The average Bonchev–Trinajstić information content (AvgIpc) is 3.46. The van der Waals surface area contributed by atoms with Gasteiger partial charge in [-0.1, -0.05) is 24.2 Å². The van der Waals surface area contributed by atoms with Gasteiger partial charge in [0.05, 0.1) is 19.7 Å². The third-order valence-corrected chi connectivity index (χ3v) is 10.0. The lowest BCUT2D eigenvalue weighted by Crippen LogP contribution is -2.21. The number of hydrogen-bond donors (Lipinski definition) is 1. The van der Waals surface area contributed by atoms with Gasteiger partial charge in [-0.25, -0.2) is 13.4 Å². The van der Waals surface area contributed by atoms with Crippen molar-refractivity contribution in [3.8, 4) is 0 Å². The van der Waals surface area contributed by atoms with Crippen LogP contribution in [-0.2, 0) is 9.84 Å². The third-order valence-electron chi connectivity index (χ3n) is 5.52. The highest BCUT2D eigenvalue weighted by molar-refractivity contribution is 7.92. The van der Waals surface area contributed by atoms with Crippen molar-refractivity contribution in [2.24, 2.45) is 0 Å². The molecule has 6 nitrogen and oxygen atoms in total. The predicted octanol–water partition coefficient (Wildman–Crippen LogP) is 5.17. The molecule has 2 aromatic heterocycles. The van der Waals surface area contributed by atoms with E-state index < -0.39 is 9.84 Å². The molecule has 0 aliphatic heterocycles. The minimum absolute atomic E-state index is 0.207. The van der Waals surface area contributed by atoms with Crippen molar-refractivity contribution in [1.29, 1.82) is 0 Å². The largest absolute Gasteiger partial charge is 0.349 e. The van der Waals surface area contributed by atoms with E-state index in [2.05, 4.69) is 29.0 Å². The second-order valence-corrected chi connectivity index (χ2v) is 11.6. The highest BCUT2D eigenvalue weighted by Gasteiger charge is 2.30. The van der Waals surface area contributed by atoms with Crippen molar-refractivity contribution < 1.29 is 13.2 Å². The number of sulfone groups is 1. The van der Waals surface area contributed by atoms with E-state index in [1.165, 1.54) is 11.3 Å². The van der Waals surface area contributed by atoms with Crippen LogP contribution in [0.4, 0.5) is 10.8 Å². The van der Waals surface area contributed by atoms with Crippen molar-refractivity contribution >= 4 is 58.8 Å². The van der Waals surface area contributed by atoms with E-state index in [9.17, 15) is 13.2 Å². The molecule has 0 saturated heterocycles. The van der Waals surface area contributed by atoms with Gasteiger partial charge < -0.3 is 10.2 Å². The maximum atomic E-state index is 12.7. The van der Waals surface area contributed by atoms with Gasteiger partial charge >= 0.3 is 0 Å². The molecule has 4 rings (SSSR count). The lowest BCUT2D eigenvalue weighted by Gasteiger charge is -2.16. The summed E-state index contributed by atoms with van der Waals surface area (Å²) in [5, 5.41) is 3.57. The third kappa shape index (κ3) is 4.10. The Hall–Kier alpha value is -1.97. The Balaban J connectivity index is 1.46. The van der Waals surface area contributed by atoms with Crippen LogP contribution in [0.5, 0.6) is 0 Å². The second-order valence-electron chi connectivity index (χ2n) is 7.38. The Labute approximate surface area is 184 Å². The number of hydrogen-bond acceptors (Lipinski definition) is 7. The maximum Gasteiger partial charge on any atom is 0.265 e. The zero-order valence-corrected chi connectivity index (χ0v) is 19.5. The molecule has 3 aromatic rings. The van der Waals surface area contributed by atoms with Gasteiger partial charge in [0, 0.05) is 18.8 Å². The molecule has 2 heterocycles. The Morgan fingerprint density at radius 2 is 1.80 bits per heavy atom. The summed E-state index contributed by atoms with van der Waals surface area (Å²) in [4.78, 5) is 21.3. The predicted molar refractivity (Wildman–Crippen MR) is 125 cm³/mol. The minimum Gasteiger partial charge on any atom is -0.349 e. The summed E-state index contributed by atoms with van der Waals surface area (Å²) in [6.45, 7) is 6.00. The summed E-state index contributed by atoms with van der Waals surface area (Å²) in [7, 11) is -3.28. The number of benzene rings is 1. The van der Waals surface area contributed by atoms with E-state index in [-0.39, 0.29) is 11.2 Å². The van der Waals surface area contributed by atoms with Gasteiger partial charge in [0.2, 0.25) is 0 Å². The summed E-state index contributed by atoms with van der Waals surface area (Å²) >= 11 is 2.97. The summed E-state index contributed by atoms with van der Waals surface area (Å²) in [6, 6.07) is 8.38. The number of fused-ring (bicyclic) bond motifs is 1. The molecule has 1 aliphatic rings. The normalized spacial score (nSPS) is 15.0. The van der Waals surface area contributed by atoms with Gasteiger partial charge in [0.25, 0.3) is 5.91 Å². The van der Waals surface area contributed by atoms with Gasteiger partial charge in [-0.15, -0.1) is 11.3 Å². The van der Waals surface area contributed by atoms with Crippen LogP contribution < -0.4 is 10.2 Å². The second kappa shape index (κ2) is 8.64. The summed E-state index contributed by atoms with van der Waals surface area (Å²) in [5.74, 6) is -0.207. The molecule has 1 aliphatic carbocycles. The number of nitrogens with one attached hydrogen (secondary N) is 1. The van der Waals surface area contributed by atoms with E-state index in [4.69, 9.17) is 0 Å². The molecule has 160 valence electrons. The Kier molecular flexibility index (Phi) is 6.13. The first-order valence-electron chi connectivity index (χ1n) is 10.2. The molecule has 1 N–H and O–H groups in total. The average molecular weight is 464 g/mol. The number of aromatic nitrogens is 1. The van der Waals surface area contributed by atoms with E-state index in [1.807, 2.05) is 6.07 Å². The first-order valence-corrected chi connectivity index (χ1v) is 13.4. The number of carbonyl (C=O) groups is 1. The van der Waals surface area contributed by atoms with Crippen molar-refractivity contribution in [1.82, 2.24) is 4.98 Å². The highest BCUT2D eigenvalue weighted by atomic mass is 32.2. The molecule has 0 bridgehead atoms. The number of carbonyl (C=O) groups excluding carboxylic acids is 1. The summed E-state index contributed by atoms with van der Waals surface area (Å²) in [6.07, 6.45) is 3.42. The van der Waals surface area contributed by atoms with Crippen molar-refractivity contribution in [3.63, 3.8) is 0 Å². The van der Waals surface area contributed by atoms with Gasteiger partial charge in [0.15, 0.2) is 15.0 Å². The minimum atomic E-state index is -3.28. The van der Waals surface area contributed by atoms with E-state index in [0.29, 0.717) is 15.5 Å². The van der Waals surface area contributed by atoms with Crippen molar-refractivity contribution in [2.45, 2.75) is 49.7 Å². The van der Waals surface area contributed by atoms with Crippen LogP contribution >= 0.6 is 22.7 Å². The lowest BCUT2D eigenvalue weighted by molar-refractivity contribution is 0.103. The number of thiophene rings is 1. The van der Waals surface area contributed by atoms with Crippen LogP contribution in [0.25, 0.3) is 9.53 Å². The SMILES string of the molecule is CCN(CC)c1nc2sc(C(=O)Nc3ccc(S(=O)(=O)C4CCCC4)cc3)cc2s1. The fourth-order valence-electron chi connectivity index (χ4n) is 3.78. The molecule has 1 amide bonds. The summed E-state index contributed by atoms with van der Waals surface area (Å²) in [5.41, 5.74) is 0.582. The molecule has 0 radical (unpaired) electrons. The fraction of sp³-hybridized carbons (Fsp3) is 0.429. The quantitative estimate of drug-likeness (QED) is 0.523. The van der Waals surface area contributed by atoms with Gasteiger partial charge in [-0.05, 0) is 57.0 Å². The van der Waals surface area contributed by atoms with Crippen LogP contribution in [0.15, 0.2) is 35.2 Å². The number of amides is 1. The molecule has 0 atom stereocenters. The first kappa shape index (κ1) is 21.3. The lowest BCUT2D eigenvalue weighted by atomic mass is 10.3. The van der Waals surface area contributed by atoms with Crippen LogP contribution in [0, 0.1) is 0 Å². The molecule has 1 saturated carbocycles. The van der Waals surface area contributed by atoms with Gasteiger partial charge in [0.1, 0.15) is 4.83 Å². The molecule has 9 heteroatoms. The zero-order valence-electron chi connectivity index (χ0n) is 17.1. The highest BCUT2D eigenvalue weighted by Crippen LogP contribution is 2.35. The molecule has 1 aromatic carbocycles. The maximum absolute atomic E-state index is 12.7. The number of thiazole rings is 1. The number of nitrogens with zero attached hydrogens (tertiary/aromatic N) is 2. The van der Waals surface area contributed by atoms with Crippen molar-refractivity contribution in [2.75, 3.05) is 23.3 Å². The molecular formula is C21H25N3O3S3. The molecule has 1 fully saturated rings. The number of rotatable bonds is 7. The fourth-order valence-corrected chi connectivity index (χ4v) is 7.86. The van der Waals surface area contributed by atoms with Crippen LogP contribution in [0.2, 0.25) is 0 Å². The Bertz CT molecular complexity index is 1110. The Morgan fingerprint density at radius 3 is 2.40 bits per heavy atom. The number of anilines is 2.